The Morgan fingerprint density at radius 1 is 1.21 bits per heavy atom. The van der Waals surface area contributed by atoms with Crippen molar-refractivity contribution in [2.45, 2.75) is 13.3 Å². The van der Waals surface area contributed by atoms with E-state index < -0.39 is 11.6 Å². The van der Waals surface area contributed by atoms with Gasteiger partial charge in [0.05, 0.1) is 11.2 Å². The highest BCUT2D eigenvalue weighted by Gasteiger charge is 2.10. The number of nitrogens with zero attached hydrogens (tertiary/aromatic N) is 2. The van der Waals surface area contributed by atoms with Gasteiger partial charge in [0, 0.05) is 24.1 Å². The molecule has 0 aliphatic carbocycles. The number of aliphatic hydroxyl groups is 1. The van der Waals surface area contributed by atoms with Crippen LogP contribution < -0.4 is 16.4 Å². The molecule has 0 bridgehead atoms. The fourth-order valence-electron chi connectivity index (χ4n) is 2.87. The fraction of sp³-hybridized carbons (Fsp3) is 0.150. The molecule has 0 radical (unpaired) electrons. The Kier molecular flexibility index (Phi) is 4.96. The van der Waals surface area contributed by atoms with Gasteiger partial charge in [0.2, 0.25) is 5.95 Å². The summed E-state index contributed by atoms with van der Waals surface area (Å²) < 4.78 is 19.1. The summed E-state index contributed by atoms with van der Waals surface area (Å²) in [6.07, 6.45) is 2.04. The van der Waals surface area contributed by atoms with Crippen LogP contribution in [-0.4, -0.2) is 26.7 Å². The van der Waals surface area contributed by atoms with Crippen LogP contribution in [0.15, 0.2) is 51.8 Å². The van der Waals surface area contributed by atoms with Gasteiger partial charge in [-0.3, -0.25) is 4.98 Å². The van der Waals surface area contributed by atoms with Crippen LogP contribution in [0.25, 0.3) is 11.1 Å². The van der Waals surface area contributed by atoms with E-state index in [1.807, 2.05) is 6.92 Å². The zero-order valence-electron chi connectivity index (χ0n) is 15.5. The minimum absolute atomic E-state index is 0.0214. The van der Waals surface area contributed by atoms with Crippen molar-refractivity contribution in [1.82, 2.24) is 15.0 Å². The zero-order chi connectivity index (χ0) is 20.4. The number of hydrogen-bond donors (Lipinski definition) is 4. The minimum Gasteiger partial charge on any atom is -0.408 e. The first-order chi connectivity index (χ1) is 14.0. The van der Waals surface area contributed by atoms with Gasteiger partial charge in [-0.1, -0.05) is 6.07 Å². The molecule has 4 N–H and O–H groups in total. The molecule has 0 unspecified atom stereocenters. The second kappa shape index (κ2) is 7.72. The number of H-pyrrole nitrogens is 1. The minimum atomic E-state index is -0.521. The summed E-state index contributed by atoms with van der Waals surface area (Å²) >= 11 is 0. The van der Waals surface area contributed by atoms with Crippen LogP contribution in [0, 0.1) is 12.7 Å². The normalized spacial score (nSPS) is 11.0. The van der Waals surface area contributed by atoms with E-state index in [1.54, 1.807) is 36.5 Å². The van der Waals surface area contributed by atoms with Gasteiger partial charge in [0.15, 0.2) is 5.58 Å². The molecule has 0 aliphatic rings. The molecule has 2 heterocycles. The number of aliphatic hydroxyl groups excluding tert-OH is 1. The summed E-state index contributed by atoms with van der Waals surface area (Å²) in [6, 6.07) is 9.73. The maximum absolute atomic E-state index is 14.1. The molecule has 0 amide bonds. The van der Waals surface area contributed by atoms with Crippen LogP contribution in [0.1, 0.15) is 11.1 Å². The van der Waals surface area contributed by atoms with E-state index in [1.165, 1.54) is 6.07 Å². The van der Waals surface area contributed by atoms with Gasteiger partial charge in [-0.25, -0.2) is 14.2 Å². The van der Waals surface area contributed by atoms with Gasteiger partial charge < -0.3 is 20.2 Å². The van der Waals surface area contributed by atoms with E-state index >= 15 is 0 Å². The number of halogens is 1. The molecule has 2 aromatic carbocycles. The third-order valence-corrected chi connectivity index (χ3v) is 4.33. The monoisotopic (exact) mass is 395 g/mol. The fourth-order valence-corrected chi connectivity index (χ4v) is 2.87. The number of hydrogen-bond acceptors (Lipinski definition) is 7. The average molecular weight is 395 g/mol. The second-order valence-electron chi connectivity index (χ2n) is 6.49. The zero-order valence-corrected chi connectivity index (χ0v) is 15.5. The Morgan fingerprint density at radius 2 is 2.07 bits per heavy atom. The predicted octanol–water partition coefficient (Wildman–Crippen LogP) is 3.38. The number of oxazole rings is 1. The van der Waals surface area contributed by atoms with Crippen molar-refractivity contribution in [3.63, 3.8) is 0 Å². The number of nitrogens with one attached hydrogen (secondary N) is 3. The number of aromatic nitrogens is 3. The van der Waals surface area contributed by atoms with Gasteiger partial charge >= 0.3 is 5.76 Å². The van der Waals surface area contributed by atoms with E-state index in [4.69, 9.17) is 9.52 Å². The lowest BCUT2D eigenvalue weighted by molar-refractivity contribution is 0.299. The molecule has 0 spiro atoms. The Bertz CT molecular complexity index is 1230. The molecular weight excluding hydrogens is 377 g/mol. The van der Waals surface area contributed by atoms with Crippen molar-refractivity contribution in [2.75, 3.05) is 17.2 Å². The number of aryl methyl sites for hydroxylation is 1. The highest BCUT2D eigenvalue weighted by molar-refractivity contribution is 5.78. The number of fused-ring (bicyclic) bond motifs is 1. The van der Waals surface area contributed by atoms with Crippen molar-refractivity contribution in [3.8, 4) is 0 Å². The molecule has 4 aromatic rings. The molecule has 2 aromatic heterocycles. The smallest absolute Gasteiger partial charge is 0.408 e. The number of benzene rings is 2. The largest absolute Gasteiger partial charge is 0.417 e. The maximum atomic E-state index is 14.1. The molecule has 4 rings (SSSR count). The number of rotatable bonds is 6. The first-order valence-corrected chi connectivity index (χ1v) is 8.91. The molecule has 0 fully saturated rings. The van der Waals surface area contributed by atoms with Crippen LogP contribution >= 0.6 is 0 Å². The number of aromatic amines is 1. The molecule has 0 saturated heterocycles. The quantitative estimate of drug-likeness (QED) is 0.395. The first-order valence-electron chi connectivity index (χ1n) is 8.91. The highest BCUT2D eigenvalue weighted by atomic mass is 19.1. The Morgan fingerprint density at radius 3 is 2.90 bits per heavy atom. The topological polar surface area (TPSA) is 116 Å². The van der Waals surface area contributed by atoms with Gasteiger partial charge in [0.1, 0.15) is 11.6 Å². The molecule has 0 aliphatic heterocycles. The van der Waals surface area contributed by atoms with Crippen molar-refractivity contribution in [3.05, 3.63) is 70.1 Å². The molecule has 8 nitrogen and oxygen atoms in total. The predicted molar refractivity (Wildman–Crippen MR) is 107 cm³/mol. The van der Waals surface area contributed by atoms with Gasteiger partial charge in [0.25, 0.3) is 0 Å². The van der Waals surface area contributed by atoms with Crippen LogP contribution in [-0.2, 0) is 6.42 Å². The Labute approximate surface area is 164 Å². The summed E-state index contributed by atoms with van der Waals surface area (Å²) in [5, 5.41) is 15.1. The standard InChI is InChI=1S/C20H18FN5O3/c1-11-10-22-19(24-15-8-12(6-7-27)2-4-14(15)21)26-18(11)23-13-3-5-17-16(9-13)25-20(28)29-17/h2-5,8-10,27H,6-7H2,1H3,(H,25,28)(H2,22,23,24,26). The van der Waals surface area contributed by atoms with Crippen molar-refractivity contribution in [2.24, 2.45) is 0 Å². The maximum Gasteiger partial charge on any atom is 0.417 e. The third-order valence-electron chi connectivity index (χ3n) is 4.33. The van der Waals surface area contributed by atoms with Crippen molar-refractivity contribution >= 4 is 34.2 Å². The van der Waals surface area contributed by atoms with E-state index in [0.717, 1.165) is 11.1 Å². The average Bonchev–Trinajstić information content (AvgIpc) is 3.06. The van der Waals surface area contributed by atoms with E-state index in [2.05, 4.69) is 25.6 Å². The highest BCUT2D eigenvalue weighted by Crippen LogP contribution is 2.24. The van der Waals surface area contributed by atoms with E-state index in [-0.39, 0.29) is 18.2 Å². The first kappa shape index (κ1) is 18.6. The van der Waals surface area contributed by atoms with Gasteiger partial charge in [-0.05, 0) is 49.2 Å². The van der Waals surface area contributed by atoms with Gasteiger partial charge in [-0.2, -0.15) is 4.98 Å². The molecule has 0 saturated carbocycles. The number of anilines is 4. The van der Waals surface area contributed by atoms with E-state index in [0.29, 0.717) is 29.0 Å². The van der Waals surface area contributed by atoms with Gasteiger partial charge in [-0.15, -0.1) is 0 Å². The lowest BCUT2D eigenvalue weighted by atomic mass is 10.1. The SMILES string of the molecule is Cc1cnc(Nc2cc(CCO)ccc2F)nc1Nc1ccc2oc(=O)[nH]c2c1. The summed E-state index contributed by atoms with van der Waals surface area (Å²) in [4.78, 5) is 22.5. The molecular formula is C20H18FN5O3. The molecule has 9 heteroatoms. The van der Waals surface area contributed by atoms with Crippen LogP contribution in [0.4, 0.5) is 27.5 Å². The van der Waals surface area contributed by atoms with Crippen molar-refractivity contribution in [1.29, 1.82) is 0 Å². The lowest BCUT2D eigenvalue weighted by Gasteiger charge is -2.12. The second-order valence-corrected chi connectivity index (χ2v) is 6.49. The summed E-state index contributed by atoms with van der Waals surface area (Å²) in [7, 11) is 0. The Balaban J connectivity index is 1.60. The molecule has 148 valence electrons. The lowest BCUT2D eigenvalue weighted by Crippen LogP contribution is -2.04. The van der Waals surface area contributed by atoms with E-state index in [9.17, 15) is 9.18 Å². The van der Waals surface area contributed by atoms with Crippen LogP contribution in [0.5, 0.6) is 0 Å². The summed E-state index contributed by atoms with van der Waals surface area (Å²) in [5.41, 5.74) is 3.52. The third kappa shape index (κ3) is 4.09. The Hall–Kier alpha value is -3.72. The summed E-state index contributed by atoms with van der Waals surface area (Å²) in [6.45, 7) is 1.82. The molecule has 0 atom stereocenters. The summed E-state index contributed by atoms with van der Waals surface area (Å²) in [5.74, 6) is -0.220. The molecule has 29 heavy (non-hydrogen) atoms. The van der Waals surface area contributed by atoms with Crippen LogP contribution in [0.2, 0.25) is 0 Å². The van der Waals surface area contributed by atoms with Crippen molar-refractivity contribution < 1.29 is 13.9 Å². The van der Waals surface area contributed by atoms with Crippen LogP contribution in [0.3, 0.4) is 0 Å².